The van der Waals surface area contributed by atoms with Crippen LogP contribution in [0.25, 0.3) is 6.08 Å². The second kappa shape index (κ2) is 6.01. The van der Waals surface area contributed by atoms with E-state index in [1.165, 1.54) is 23.5 Å². The van der Waals surface area contributed by atoms with E-state index in [1.807, 2.05) is 23.6 Å². The van der Waals surface area contributed by atoms with Crippen LogP contribution in [-0.2, 0) is 16.0 Å². The lowest BCUT2D eigenvalue weighted by molar-refractivity contribution is -0.130. The number of rotatable bonds is 4. The molecule has 0 bridgehead atoms. The monoisotopic (exact) mass is 301 g/mol. The van der Waals surface area contributed by atoms with Gasteiger partial charge in [0, 0.05) is 11.3 Å². The average molecular weight is 301 g/mol. The average Bonchev–Trinajstić information content (AvgIpc) is 3.08. The molecule has 106 valence electrons. The molecule has 0 amide bonds. The number of cyclic esters (lactones) is 1. The number of ether oxygens (including phenoxy) is 1. The molecule has 0 radical (unpaired) electrons. The van der Waals surface area contributed by atoms with E-state index in [9.17, 15) is 9.18 Å². The van der Waals surface area contributed by atoms with Gasteiger partial charge in [-0.3, -0.25) is 0 Å². The third-order valence-corrected chi connectivity index (χ3v) is 3.82. The first-order valence-electron chi connectivity index (χ1n) is 6.50. The van der Waals surface area contributed by atoms with Gasteiger partial charge in [-0.25, -0.2) is 14.2 Å². The highest BCUT2D eigenvalue weighted by Crippen LogP contribution is 2.20. The van der Waals surface area contributed by atoms with Crippen molar-refractivity contribution in [3.8, 4) is 0 Å². The molecule has 0 saturated carbocycles. The lowest BCUT2D eigenvalue weighted by atomic mass is 10.1. The molecule has 0 N–H and O–H groups in total. The number of nitrogens with zero attached hydrogens (tertiary/aromatic N) is 1. The number of hydrogen-bond acceptors (Lipinski definition) is 4. The molecule has 0 unspecified atom stereocenters. The van der Waals surface area contributed by atoms with Crippen molar-refractivity contribution >= 4 is 29.3 Å². The van der Waals surface area contributed by atoms with Crippen molar-refractivity contribution in [1.29, 1.82) is 0 Å². The first-order valence-corrected chi connectivity index (χ1v) is 7.38. The molecule has 5 heteroatoms. The number of carbonyl (C=O) groups excluding carboxylic acids is 1. The molecule has 1 aromatic heterocycles. The fraction of sp³-hybridized carbons (Fsp3) is 0.125. The number of halogens is 1. The summed E-state index contributed by atoms with van der Waals surface area (Å²) in [4.78, 5) is 16.9. The van der Waals surface area contributed by atoms with Gasteiger partial charge >= 0.3 is 5.97 Å². The molecular formula is C16H12FNO2S. The topological polar surface area (TPSA) is 38.7 Å². The van der Waals surface area contributed by atoms with Crippen LogP contribution >= 0.6 is 11.3 Å². The highest BCUT2D eigenvalue weighted by Gasteiger charge is 2.22. The van der Waals surface area contributed by atoms with Crippen LogP contribution < -0.4 is 0 Å². The maximum absolute atomic E-state index is 13.1. The summed E-state index contributed by atoms with van der Waals surface area (Å²) in [5.41, 5.74) is 1.16. The van der Waals surface area contributed by atoms with Crippen LogP contribution in [0.3, 0.4) is 0 Å². The fourth-order valence-corrected chi connectivity index (χ4v) is 2.66. The maximum Gasteiger partial charge on any atom is 0.363 e. The van der Waals surface area contributed by atoms with E-state index in [2.05, 4.69) is 4.99 Å². The zero-order chi connectivity index (χ0) is 14.7. The van der Waals surface area contributed by atoms with Gasteiger partial charge in [0.2, 0.25) is 0 Å². The van der Waals surface area contributed by atoms with Crippen molar-refractivity contribution in [3.05, 3.63) is 63.7 Å². The van der Waals surface area contributed by atoms with E-state index in [-0.39, 0.29) is 5.82 Å². The summed E-state index contributed by atoms with van der Waals surface area (Å²) in [5.74, 6) is -0.319. The maximum atomic E-state index is 13.1. The summed E-state index contributed by atoms with van der Waals surface area (Å²) in [6, 6.07) is 10.2. The molecule has 1 aliphatic heterocycles. The van der Waals surface area contributed by atoms with Crippen molar-refractivity contribution in [3.63, 3.8) is 0 Å². The van der Waals surface area contributed by atoms with Crippen molar-refractivity contribution in [2.45, 2.75) is 12.8 Å². The molecular weight excluding hydrogens is 289 g/mol. The quantitative estimate of drug-likeness (QED) is 0.636. The number of aryl methyl sites for hydroxylation is 1. The van der Waals surface area contributed by atoms with E-state index < -0.39 is 5.97 Å². The van der Waals surface area contributed by atoms with E-state index in [4.69, 9.17) is 4.74 Å². The number of aliphatic imine (C=N–C) groups is 1. The summed E-state index contributed by atoms with van der Waals surface area (Å²) in [5, 5.41) is 1.93. The fourth-order valence-electron chi connectivity index (χ4n) is 2.01. The lowest BCUT2D eigenvalue weighted by Crippen LogP contribution is -2.05. The molecule has 0 atom stereocenters. The summed E-state index contributed by atoms with van der Waals surface area (Å²) in [6.07, 6.45) is 2.76. The SMILES string of the molecule is O=C1OC(CCc2cccc(F)c2)=N/C1=C/c1cccs1. The number of hydrogen-bond donors (Lipinski definition) is 0. The summed E-state index contributed by atoms with van der Waals surface area (Å²) < 4.78 is 18.2. The van der Waals surface area contributed by atoms with E-state index in [0.29, 0.717) is 24.4 Å². The van der Waals surface area contributed by atoms with Crippen LogP contribution in [0.1, 0.15) is 16.9 Å². The third-order valence-electron chi connectivity index (χ3n) is 3.00. The standard InChI is InChI=1S/C16H12FNO2S/c17-12-4-1-3-11(9-12)6-7-15-18-14(16(19)20-15)10-13-5-2-8-21-13/h1-5,8-10H,6-7H2/b14-10+. The number of esters is 1. The highest BCUT2D eigenvalue weighted by molar-refractivity contribution is 7.10. The molecule has 1 aliphatic rings. The van der Waals surface area contributed by atoms with Crippen molar-refractivity contribution in [2.24, 2.45) is 4.99 Å². The minimum Gasteiger partial charge on any atom is -0.407 e. The van der Waals surface area contributed by atoms with Crippen molar-refractivity contribution in [2.75, 3.05) is 0 Å². The normalized spacial score (nSPS) is 16.1. The molecule has 0 fully saturated rings. The van der Waals surface area contributed by atoms with Crippen LogP contribution in [0.5, 0.6) is 0 Å². The molecule has 21 heavy (non-hydrogen) atoms. The van der Waals surface area contributed by atoms with E-state index in [1.54, 1.807) is 12.1 Å². The van der Waals surface area contributed by atoms with Crippen LogP contribution in [0.15, 0.2) is 52.5 Å². The van der Waals surface area contributed by atoms with Gasteiger partial charge in [-0.05, 0) is 41.6 Å². The Morgan fingerprint density at radius 3 is 2.90 bits per heavy atom. The number of benzene rings is 1. The lowest BCUT2D eigenvalue weighted by Gasteiger charge is -2.00. The Labute approximate surface area is 125 Å². The Bertz CT molecular complexity index is 720. The second-order valence-electron chi connectivity index (χ2n) is 4.57. The minimum absolute atomic E-state index is 0.267. The Hall–Kier alpha value is -2.27. The summed E-state index contributed by atoms with van der Waals surface area (Å²) >= 11 is 1.53. The van der Waals surface area contributed by atoms with Gasteiger partial charge in [-0.15, -0.1) is 11.3 Å². The molecule has 0 saturated heterocycles. The molecule has 3 rings (SSSR count). The number of thiophene rings is 1. The first kappa shape index (κ1) is 13.7. The minimum atomic E-state index is -0.433. The van der Waals surface area contributed by atoms with Gasteiger partial charge in [-0.2, -0.15) is 0 Å². The van der Waals surface area contributed by atoms with E-state index >= 15 is 0 Å². The van der Waals surface area contributed by atoms with Gasteiger partial charge in [0.15, 0.2) is 11.6 Å². The Kier molecular flexibility index (Phi) is 3.92. The van der Waals surface area contributed by atoms with Gasteiger partial charge < -0.3 is 4.74 Å². The molecule has 0 spiro atoms. The van der Waals surface area contributed by atoms with Gasteiger partial charge in [0.1, 0.15) is 5.82 Å². The van der Waals surface area contributed by atoms with E-state index in [0.717, 1.165) is 10.4 Å². The van der Waals surface area contributed by atoms with Crippen LogP contribution in [0, 0.1) is 5.82 Å². The first-order chi connectivity index (χ1) is 10.2. The van der Waals surface area contributed by atoms with Crippen LogP contribution in [0.2, 0.25) is 0 Å². The van der Waals surface area contributed by atoms with Gasteiger partial charge in [-0.1, -0.05) is 18.2 Å². The molecule has 1 aromatic carbocycles. The third kappa shape index (κ3) is 3.44. The van der Waals surface area contributed by atoms with Crippen molar-refractivity contribution < 1.29 is 13.9 Å². The molecule has 3 nitrogen and oxygen atoms in total. The summed E-state index contributed by atoms with van der Waals surface area (Å²) in [7, 11) is 0. The molecule has 2 heterocycles. The largest absolute Gasteiger partial charge is 0.407 e. The molecule has 0 aliphatic carbocycles. The Morgan fingerprint density at radius 2 is 2.14 bits per heavy atom. The predicted octanol–water partition coefficient (Wildman–Crippen LogP) is 3.82. The molecule has 2 aromatic rings. The number of carbonyl (C=O) groups is 1. The predicted molar refractivity (Wildman–Crippen MR) is 80.5 cm³/mol. The van der Waals surface area contributed by atoms with Crippen LogP contribution in [-0.4, -0.2) is 11.9 Å². The van der Waals surface area contributed by atoms with Crippen molar-refractivity contribution in [1.82, 2.24) is 0 Å². The zero-order valence-electron chi connectivity index (χ0n) is 11.1. The van der Waals surface area contributed by atoms with Crippen LogP contribution in [0.4, 0.5) is 4.39 Å². The summed E-state index contributed by atoms with van der Waals surface area (Å²) in [6.45, 7) is 0. The second-order valence-corrected chi connectivity index (χ2v) is 5.55. The van der Waals surface area contributed by atoms with Gasteiger partial charge in [0.25, 0.3) is 0 Å². The Morgan fingerprint density at radius 1 is 1.24 bits per heavy atom. The highest BCUT2D eigenvalue weighted by atomic mass is 32.1. The Balaban J connectivity index is 1.68. The zero-order valence-corrected chi connectivity index (χ0v) is 11.9. The van der Waals surface area contributed by atoms with Gasteiger partial charge in [0.05, 0.1) is 0 Å². The smallest absolute Gasteiger partial charge is 0.363 e.